The number of hydrogen-bond donors (Lipinski definition) is 0. The molecule has 6 heterocycles. The normalized spacial score (nSPS) is 11.8. The summed E-state index contributed by atoms with van der Waals surface area (Å²) in [6, 6.07) is 58.6. The van der Waals surface area contributed by atoms with E-state index >= 15 is 0 Å². The third-order valence-electron chi connectivity index (χ3n) is 11.5. The van der Waals surface area contributed by atoms with Crippen molar-refractivity contribution < 1.29 is 0 Å². The Morgan fingerprint density at radius 2 is 0.552 bits per heavy atom. The quantitative estimate of drug-likeness (QED) is 0.170. The lowest BCUT2D eigenvalue weighted by Crippen LogP contribution is -2.10. The van der Waals surface area contributed by atoms with Crippen LogP contribution in [0.1, 0.15) is 0 Å². The van der Waals surface area contributed by atoms with Crippen LogP contribution in [0.25, 0.3) is 82.5 Å². The number of aromatic nitrogens is 6. The van der Waals surface area contributed by atoms with Gasteiger partial charge in [-0.2, -0.15) is 0 Å². The van der Waals surface area contributed by atoms with Crippen molar-refractivity contribution in [1.29, 1.82) is 0 Å². The molecule has 0 bridgehead atoms. The smallest absolute Gasteiger partial charge is 0.0571 e. The van der Waals surface area contributed by atoms with Crippen molar-refractivity contribution in [3.8, 4) is 17.1 Å². The first-order chi connectivity index (χ1) is 28.8. The van der Waals surface area contributed by atoms with Crippen molar-refractivity contribution in [1.82, 2.24) is 28.7 Å². The van der Waals surface area contributed by atoms with E-state index in [1.54, 1.807) is 0 Å². The molecule has 12 aromatic rings. The summed E-state index contributed by atoms with van der Waals surface area (Å²) in [4.78, 5) is 15.7. The number of rotatable bonds is 6. The molecule has 0 atom stereocenters. The van der Waals surface area contributed by atoms with Gasteiger partial charge in [0.2, 0.25) is 0 Å². The minimum Gasteiger partial charge on any atom is -0.310 e. The average molecular weight is 744 g/mol. The molecule has 6 aromatic heterocycles. The van der Waals surface area contributed by atoms with Crippen molar-refractivity contribution in [2.24, 2.45) is 0 Å². The Balaban J connectivity index is 0.996. The highest BCUT2D eigenvalue weighted by Crippen LogP contribution is 2.39. The molecule has 6 aromatic carbocycles. The highest BCUT2D eigenvalue weighted by atomic mass is 15.1. The van der Waals surface area contributed by atoms with E-state index in [-0.39, 0.29) is 0 Å². The van der Waals surface area contributed by atoms with Crippen LogP contribution in [-0.4, -0.2) is 28.7 Å². The molecule has 58 heavy (non-hydrogen) atoms. The Bertz CT molecular complexity index is 2970. The zero-order valence-corrected chi connectivity index (χ0v) is 31.2. The molecule has 0 unspecified atom stereocenters. The summed E-state index contributed by atoms with van der Waals surface area (Å²) in [5.74, 6) is 0. The molecule has 7 nitrogen and oxygen atoms in total. The van der Waals surface area contributed by atoms with E-state index < -0.39 is 0 Å². The standard InChI is InChI=1S/C51H33N7/c1-4-10-46-40(7-1)43-31-52-28-25-49(43)56(46)37-19-13-34(14-20-37)55(35-15-21-38(22-16-35)57-47-11-5-2-8-41(47)44-32-53-29-26-50(44)57)36-17-23-39(24-18-36)58-48-12-6-3-9-42(48)45-33-54-30-27-51(45)58/h1-33H. The van der Waals surface area contributed by atoms with Gasteiger partial charge in [0.15, 0.2) is 0 Å². The van der Waals surface area contributed by atoms with Crippen LogP contribution >= 0.6 is 0 Å². The number of hydrogen-bond acceptors (Lipinski definition) is 4. The number of nitrogens with zero attached hydrogens (tertiary/aromatic N) is 7. The van der Waals surface area contributed by atoms with Crippen LogP contribution < -0.4 is 4.90 Å². The van der Waals surface area contributed by atoms with Gasteiger partial charge >= 0.3 is 0 Å². The number of pyridine rings is 3. The first-order valence-corrected chi connectivity index (χ1v) is 19.4. The van der Waals surface area contributed by atoms with Crippen LogP contribution in [0.2, 0.25) is 0 Å². The van der Waals surface area contributed by atoms with E-state index in [2.05, 4.69) is 197 Å². The molecule has 0 spiro atoms. The molecule has 0 amide bonds. The molecule has 12 rings (SSSR count). The van der Waals surface area contributed by atoms with Gasteiger partial charge in [0.05, 0.1) is 33.1 Å². The monoisotopic (exact) mass is 743 g/mol. The van der Waals surface area contributed by atoms with E-state index in [9.17, 15) is 0 Å². The van der Waals surface area contributed by atoms with E-state index in [4.69, 9.17) is 0 Å². The van der Waals surface area contributed by atoms with Crippen molar-refractivity contribution >= 4 is 82.5 Å². The van der Waals surface area contributed by atoms with Crippen LogP contribution in [0.4, 0.5) is 17.1 Å². The zero-order valence-electron chi connectivity index (χ0n) is 31.2. The average Bonchev–Trinajstić information content (AvgIpc) is 3.93. The second-order valence-electron chi connectivity index (χ2n) is 14.6. The molecule has 272 valence electrons. The van der Waals surface area contributed by atoms with Gasteiger partial charge in [0, 0.05) is 104 Å². The third kappa shape index (κ3) is 4.83. The second kappa shape index (κ2) is 12.8. The summed E-state index contributed by atoms with van der Waals surface area (Å²) in [7, 11) is 0. The summed E-state index contributed by atoms with van der Waals surface area (Å²) in [6.07, 6.45) is 11.5. The first kappa shape index (κ1) is 32.2. The fraction of sp³-hybridized carbons (Fsp3) is 0. The Hall–Kier alpha value is -8.03. The fourth-order valence-corrected chi connectivity index (χ4v) is 8.98. The maximum Gasteiger partial charge on any atom is 0.0571 e. The van der Waals surface area contributed by atoms with E-state index in [0.29, 0.717) is 0 Å². The highest BCUT2D eigenvalue weighted by Gasteiger charge is 2.18. The minimum absolute atomic E-state index is 1.05. The van der Waals surface area contributed by atoms with E-state index in [1.165, 1.54) is 16.2 Å². The summed E-state index contributed by atoms with van der Waals surface area (Å²) in [5.41, 5.74) is 13.3. The Labute approximate surface area is 332 Å². The Kier molecular flexibility index (Phi) is 7.09. The predicted octanol–water partition coefficient (Wildman–Crippen LogP) is 12.6. The summed E-state index contributed by atoms with van der Waals surface area (Å²) in [5, 5.41) is 7.00. The van der Waals surface area contributed by atoms with E-state index in [0.717, 1.165) is 83.4 Å². The molecular weight excluding hydrogens is 711 g/mol. The zero-order chi connectivity index (χ0) is 38.2. The largest absolute Gasteiger partial charge is 0.310 e. The molecule has 0 fully saturated rings. The number of anilines is 3. The number of fused-ring (bicyclic) bond motifs is 9. The molecule has 0 N–H and O–H groups in total. The van der Waals surface area contributed by atoms with Gasteiger partial charge in [-0.15, -0.1) is 0 Å². The SMILES string of the molecule is c1ccc2c(c1)c1cnccc1n2-c1ccc(N(c2ccc(-n3c4ccccc4c4cnccc43)cc2)c2ccc(-n3c4ccccc4c4cnccc43)cc2)cc1. The van der Waals surface area contributed by atoms with Gasteiger partial charge in [-0.3, -0.25) is 15.0 Å². The predicted molar refractivity (Wildman–Crippen MR) is 238 cm³/mol. The minimum atomic E-state index is 1.05. The van der Waals surface area contributed by atoms with E-state index in [1.807, 2.05) is 37.2 Å². The van der Waals surface area contributed by atoms with Crippen LogP contribution in [-0.2, 0) is 0 Å². The number of para-hydroxylation sites is 3. The lowest BCUT2D eigenvalue weighted by Gasteiger charge is -2.26. The van der Waals surface area contributed by atoms with Gasteiger partial charge in [0.25, 0.3) is 0 Å². The van der Waals surface area contributed by atoms with Gasteiger partial charge in [-0.25, -0.2) is 0 Å². The molecule has 7 heteroatoms. The van der Waals surface area contributed by atoms with Crippen LogP contribution in [0.15, 0.2) is 201 Å². The molecule has 0 saturated carbocycles. The molecule has 0 saturated heterocycles. The highest BCUT2D eigenvalue weighted by molar-refractivity contribution is 6.10. The summed E-state index contributed by atoms with van der Waals surface area (Å²) < 4.78 is 6.98. The molecular formula is C51H33N7. The van der Waals surface area contributed by atoms with Gasteiger partial charge in [0.1, 0.15) is 0 Å². The van der Waals surface area contributed by atoms with Crippen LogP contribution in [0.3, 0.4) is 0 Å². The van der Waals surface area contributed by atoms with Crippen molar-refractivity contribution in [2.75, 3.05) is 4.90 Å². The van der Waals surface area contributed by atoms with Crippen LogP contribution in [0, 0.1) is 0 Å². The van der Waals surface area contributed by atoms with Crippen molar-refractivity contribution in [3.05, 3.63) is 201 Å². The summed E-state index contributed by atoms with van der Waals surface area (Å²) in [6.45, 7) is 0. The lowest BCUT2D eigenvalue weighted by molar-refractivity contribution is 1.16. The molecule has 0 aliphatic heterocycles. The first-order valence-electron chi connectivity index (χ1n) is 19.4. The second-order valence-corrected chi connectivity index (χ2v) is 14.6. The van der Waals surface area contributed by atoms with Crippen LogP contribution in [0.5, 0.6) is 0 Å². The topological polar surface area (TPSA) is 56.7 Å². The van der Waals surface area contributed by atoms with Gasteiger partial charge in [-0.05, 0) is 109 Å². The number of benzene rings is 6. The fourth-order valence-electron chi connectivity index (χ4n) is 8.98. The Morgan fingerprint density at radius 3 is 0.862 bits per heavy atom. The van der Waals surface area contributed by atoms with Crippen molar-refractivity contribution in [2.45, 2.75) is 0 Å². The maximum atomic E-state index is 4.45. The lowest BCUT2D eigenvalue weighted by atomic mass is 10.1. The maximum absolute atomic E-state index is 4.45. The third-order valence-corrected chi connectivity index (χ3v) is 11.5. The molecule has 0 radical (unpaired) electrons. The van der Waals surface area contributed by atoms with Gasteiger partial charge in [-0.1, -0.05) is 54.6 Å². The molecule has 0 aliphatic carbocycles. The van der Waals surface area contributed by atoms with Crippen molar-refractivity contribution in [3.63, 3.8) is 0 Å². The molecule has 0 aliphatic rings. The summed E-state index contributed by atoms with van der Waals surface area (Å²) >= 11 is 0. The van der Waals surface area contributed by atoms with Gasteiger partial charge < -0.3 is 18.6 Å². The Morgan fingerprint density at radius 1 is 0.276 bits per heavy atom.